The van der Waals surface area contributed by atoms with E-state index < -0.39 is 6.10 Å². The highest BCUT2D eigenvalue weighted by molar-refractivity contribution is 6.30. The van der Waals surface area contributed by atoms with Gasteiger partial charge in [0.05, 0.1) is 13.2 Å². The molecule has 0 saturated carbocycles. The van der Waals surface area contributed by atoms with Crippen molar-refractivity contribution >= 4 is 11.6 Å². The fourth-order valence-corrected chi connectivity index (χ4v) is 2.26. The first-order chi connectivity index (χ1) is 10.0. The van der Waals surface area contributed by atoms with Crippen LogP contribution in [0, 0.1) is 5.92 Å². The highest BCUT2D eigenvalue weighted by atomic mass is 35.5. The number of aliphatic hydroxyl groups is 2. The van der Waals surface area contributed by atoms with Gasteiger partial charge in [-0.05, 0) is 36.6 Å². The monoisotopic (exact) mass is 309 g/mol. The summed E-state index contributed by atoms with van der Waals surface area (Å²) in [7, 11) is 0. The van der Waals surface area contributed by atoms with Crippen LogP contribution in [0.5, 0.6) is 0 Å². The highest BCUT2D eigenvalue weighted by Crippen LogP contribution is 2.24. The molecule has 21 heavy (non-hydrogen) atoms. The van der Waals surface area contributed by atoms with E-state index in [1.54, 1.807) is 16.8 Å². The average Bonchev–Trinajstić information content (AvgIpc) is 2.83. The molecular weight excluding hydrogens is 290 g/mol. The topological polar surface area (TPSA) is 71.2 Å². The summed E-state index contributed by atoms with van der Waals surface area (Å²) in [6.45, 7) is 4.34. The molecule has 1 heterocycles. The van der Waals surface area contributed by atoms with Gasteiger partial charge in [-0.1, -0.05) is 25.4 Å². The molecular formula is C15H20ClN3O2. The smallest absolute Gasteiger partial charge is 0.181 e. The first kappa shape index (κ1) is 15.9. The molecule has 0 aliphatic carbocycles. The largest absolute Gasteiger partial charge is 0.394 e. The molecule has 0 saturated heterocycles. The summed E-state index contributed by atoms with van der Waals surface area (Å²) in [5, 5.41) is 24.4. The molecule has 0 aliphatic heterocycles. The number of halogens is 1. The Bertz CT molecular complexity index is 581. The van der Waals surface area contributed by atoms with Gasteiger partial charge in [-0.3, -0.25) is 0 Å². The molecule has 0 fully saturated rings. The zero-order valence-electron chi connectivity index (χ0n) is 12.2. The minimum atomic E-state index is -0.690. The molecule has 1 aromatic heterocycles. The fraction of sp³-hybridized carbons (Fsp3) is 0.467. The minimum Gasteiger partial charge on any atom is -0.394 e. The zero-order chi connectivity index (χ0) is 15.4. The van der Waals surface area contributed by atoms with Gasteiger partial charge >= 0.3 is 0 Å². The quantitative estimate of drug-likeness (QED) is 0.860. The maximum Gasteiger partial charge on any atom is 0.181 e. The standard InChI is InChI=1S/C15H20ClN3O2/c1-10(2)9-13(21)15-17-14(18-19(15)7-8-20)11-3-5-12(16)6-4-11/h3-6,10,13,20-21H,7-9H2,1-2H3/t13-/m0/s1. The molecule has 1 atom stereocenters. The van der Waals surface area contributed by atoms with Crippen molar-refractivity contribution in [2.45, 2.75) is 32.9 Å². The molecule has 0 aliphatic rings. The summed E-state index contributed by atoms with van der Waals surface area (Å²) in [6.07, 6.45) is -0.0884. The molecule has 0 bridgehead atoms. The predicted molar refractivity (Wildman–Crippen MR) is 82.0 cm³/mol. The Morgan fingerprint density at radius 3 is 2.48 bits per heavy atom. The molecule has 0 radical (unpaired) electrons. The third-order valence-electron chi connectivity index (χ3n) is 3.11. The lowest BCUT2D eigenvalue weighted by Crippen LogP contribution is -2.13. The van der Waals surface area contributed by atoms with Crippen LogP contribution in [0.15, 0.2) is 24.3 Å². The lowest BCUT2D eigenvalue weighted by Gasteiger charge is -2.12. The van der Waals surface area contributed by atoms with Crippen LogP contribution in [-0.4, -0.2) is 31.6 Å². The Balaban J connectivity index is 2.34. The molecule has 2 aromatic rings. The molecule has 2 N–H and O–H groups in total. The summed E-state index contributed by atoms with van der Waals surface area (Å²) in [5.74, 6) is 1.36. The van der Waals surface area contributed by atoms with Gasteiger partial charge in [-0.15, -0.1) is 0 Å². The van der Waals surface area contributed by atoms with Crippen molar-refractivity contribution in [1.82, 2.24) is 14.8 Å². The Morgan fingerprint density at radius 1 is 1.24 bits per heavy atom. The van der Waals surface area contributed by atoms with Gasteiger partial charge in [0.25, 0.3) is 0 Å². The zero-order valence-corrected chi connectivity index (χ0v) is 13.0. The van der Waals surface area contributed by atoms with Crippen molar-refractivity contribution in [1.29, 1.82) is 0 Å². The molecule has 0 spiro atoms. The van der Waals surface area contributed by atoms with Crippen molar-refractivity contribution in [3.05, 3.63) is 35.1 Å². The summed E-state index contributed by atoms with van der Waals surface area (Å²) < 4.78 is 1.57. The second-order valence-corrected chi connectivity index (χ2v) is 5.83. The van der Waals surface area contributed by atoms with Crippen molar-refractivity contribution in [2.75, 3.05) is 6.61 Å². The lowest BCUT2D eigenvalue weighted by atomic mass is 10.1. The number of aliphatic hydroxyl groups excluding tert-OH is 2. The van der Waals surface area contributed by atoms with Crippen LogP contribution in [-0.2, 0) is 6.54 Å². The fourth-order valence-electron chi connectivity index (χ4n) is 2.13. The molecule has 1 aromatic carbocycles. The van der Waals surface area contributed by atoms with E-state index >= 15 is 0 Å². The molecule has 114 valence electrons. The second kappa shape index (κ2) is 7.02. The Labute approximate surface area is 129 Å². The summed E-state index contributed by atoms with van der Waals surface area (Å²) in [4.78, 5) is 4.43. The van der Waals surface area contributed by atoms with E-state index in [2.05, 4.69) is 10.1 Å². The molecule has 0 unspecified atom stereocenters. The number of nitrogens with zero attached hydrogens (tertiary/aromatic N) is 3. The van der Waals surface area contributed by atoms with Crippen molar-refractivity contribution < 1.29 is 10.2 Å². The van der Waals surface area contributed by atoms with E-state index in [-0.39, 0.29) is 6.61 Å². The third-order valence-corrected chi connectivity index (χ3v) is 3.36. The van der Waals surface area contributed by atoms with Gasteiger partial charge in [0.2, 0.25) is 0 Å². The maximum atomic E-state index is 10.3. The van der Waals surface area contributed by atoms with E-state index in [9.17, 15) is 5.11 Å². The van der Waals surface area contributed by atoms with Crippen LogP contribution in [0.4, 0.5) is 0 Å². The maximum absolute atomic E-state index is 10.3. The van der Waals surface area contributed by atoms with Crippen LogP contribution < -0.4 is 0 Å². The van der Waals surface area contributed by atoms with Crippen LogP contribution in [0.1, 0.15) is 32.2 Å². The van der Waals surface area contributed by atoms with Crippen LogP contribution in [0.3, 0.4) is 0 Å². The first-order valence-corrected chi connectivity index (χ1v) is 7.38. The number of rotatable bonds is 6. The number of hydrogen-bond donors (Lipinski definition) is 2. The van der Waals surface area contributed by atoms with Crippen LogP contribution >= 0.6 is 11.6 Å². The third kappa shape index (κ3) is 4.03. The number of benzene rings is 1. The van der Waals surface area contributed by atoms with Crippen LogP contribution in [0.25, 0.3) is 11.4 Å². The number of aromatic nitrogens is 3. The van der Waals surface area contributed by atoms with E-state index in [0.717, 1.165) is 5.56 Å². The summed E-state index contributed by atoms with van der Waals surface area (Å²) >= 11 is 5.87. The molecule has 6 heteroatoms. The molecule has 0 amide bonds. The Kier molecular flexibility index (Phi) is 5.33. The van der Waals surface area contributed by atoms with Gasteiger partial charge < -0.3 is 10.2 Å². The first-order valence-electron chi connectivity index (χ1n) is 7.01. The summed E-state index contributed by atoms with van der Waals surface area (Å²) in [5.41, 5.74) is 0.828. The molecule has 5 nitrogen and oxygen atoms in total. The van der Waals surface area contributed by atoms with Gasteiger partial charge in [-0.2, -0.15) is 5.10 Å². The SMILES string of the molecule is CC(C)C[C@H](O)c1nc(-c2ccc(Cl)cc2)nn1CCO. The minimum absolute atomic E-state index is 0.0508. The van der Waals surface area contributed by atoms with Gasteiger partial charge in [0.15, 0.2) is 11.6 Å². The average molecular weight is 310 g/mol. The van der Waals surface area contributed by atoms with Gasteiger partial charge in [0.1, 0.15) is 6.10 Å². The summed E-state index contributed by atoms with van der Waals surface area (Å²) in [6, 6.07) is 7.21. The van der Waals surface area contributed by atoms with Crippen molar-refractivity contribution in [2.24, 2.45) is 5.92 Å². The normalized spacial score (nSPS) is 12.9. The predicted octanol–water partition coefficient (Wildman–Crippen LogP) is 2.67. The van der Waals surface area contributed by atoms with Gasteiger partial charge in [0, 0.05) is 10.6 Å². The Morgan fingerprint density at radius 2 is 1.90 bits per heavy atom. The van der Waals surface area contributed by atoms with Crippen molar-refractivity contribution in [3.63, 3.8) is 0 Å². The van der Waals surface area contributed by atoms with E-state index in [1.807, 2.05) is 26.0 Å². The van der Waals surface area contributed by atoms with Crippen molar-refractivity contribution in [3.8, 4) is 11.4 Å². The Hall–Kier alpha value is -1.43. The lowest BCUT2D eigenvalue weighted by molar-refractivity contribution is 0.133. The highest BCUT2D eigenvalue weighted by Gasteiger charge is 2.19. The van der Waals surface area contributed by atoms with E-state index in [4.69, 9.17) is 16.7 Å². The van der Waals surface area contributed by atoms with E-state index in [0.29, 0.717) is 35.6 Å². The molecule has 2 rings (SSSR count). The van der Waals surface area contributed by atoms with Crippen LogP contribution in [0.2, 0.25) is 5.02 Å². The number of hydrogen-bond acceptors (Lipinski definition) is 4. The van der Waals surface area contributed by atoms with Gasteiger partial charge in [-0.25, -0.2) is 9.67 Å². The van der Waals surface area contributed by atoms with E-state index in [1.165, 1.54) is 0 Å². The second-order valence-electron chi connectivity index (χ2n) is 5.39.